The van der Waals surface area contributed by atoms with Gasteiger partial charge in [0.05, 0.1) is 11.9 Å². The molecule has 0 bridgehead atoms. The summed E-state index contributed by atoms with van der Waals surface area (Å²) < 4.78 is 54.3. The maximum atomic E-state index is 13.5. The van der Waals surface area contributed by atoms with Crippen LogP contribution in [0.5, 0.6) is 0 Å². The number of hydrogen-bond donors (Lipinski definition) is 1. The molecule has 1 unspecified atom stereocenters. The van der Waals surface area contributed by atoms with Crippen LogP contribution in [0.25, 0.3) is 10.1 Å². The quantitative estimate of drug-likeness (QED) is 0.459. The summed E-state index contributed by atoms with van der Waals surface area (Å²) in [4.78, 5) is 32.8. The lowest BCUT2D eigenvalue weighted by Gasteiger charge is -2.39. The predicted octanol–water partition coefficient (Wildman–Crippen LogP) is 1.59. The SMILES string of the molecule is CNC(=O)C1CN(S(=O)(=O)c2cc3ccc(Cl)cc3s2)CCN1C(=O)c1nc2c(s1)CN(S(C)(=O)=O)CC2. The van der Waals surface area contributed by atoms with Gasteiger partial charge in [0.1, 0.15) is 10.3 Å². The molecular formula is C22H24ClN5O6S4. The number of benzene rings is 1. The molecule has 11 nitrogen and oxygen atoms in total. The van der Waals surface area contributed by atoms with Crippen molar-refractivity contribution in [2.75, 3.05) is 39.5 Å². The number of sulfonamides is 2. The molecule has 2 aliphatic heterocycles. The zero-order chi connectivity index (χ0) is 27.4. The second-order valence-electron chi connectivity index (χ2n) is 8.97. The van der Waals surface area contributed by atoms with E-state index in [4.69, 9.17) is 11.6 Å². The molecule has 16 heteroatoms. The Balaban J connectivity index is 1.39. The van der Waals surface area contributed by atoms with Gasteiger partial charge in [0.2, 0.25) is 15.9 Å². The second kappa shape index (κ2) is 10.1. The number of nitrogens with zero attached hydrogens (tertiary/aromatic N) is 4. The number of hydrogen-bond acceptors (Lipinski definition) is 9. The third kappa shape index (κ3) is 5.08. The molecule has 38 heavy (non-hydrogen) atoms. The molecule has 3 aromatic rings. The zero-order valence-electron chi connectivity index (χ0n) is 20.4. The summed E-state index contributed by atoms with van der Waals surface area (Å²) in [6, 6.07) is 5.66. The Hall–Kier alpha value is -2.14. The van der Waals surface area contributed by atoms with Gasteiger partial charge in [0.15, 0.2) is 5.01 Å². The van der Waals surface area contributed by atoms with E-state index in [1.807, 2.05) is 0 Å². The Kier molecular flexibility index (Phi) is 7.30. The van der Waals surface area contributed by atoms with Crippen LogP contribution in [0.3, 0.4) is 0 Å². The first kappa shape index (κ1) is 27.4. The lowest BCUT2D eigenvalue weighted by Crippen LogP contribution is -2.61. The van der Waals surface area contributed by atoms with Crippen molar-refractivity contribution in [1.29, 1.82) is 0 Å². The van der Waals surface area contributed by atoms with Crippen LogP contribution in [0.15, 0.2) is 28.5 Å². The fourth-order valence-corrected chi connectivity index (χ4v) is 9.73. The van der Waals surface area contributed by atoms with E-state index in [0.717, 1.165) is 39.0 Å². The van der Waals surface area contributed by atoms with Gasteiger partial charge < -0.3 is 10.2 Å². The van der Waals surface area contributed by atoms with Crippen LogP contribution in [-0.4, -0.2) is 92.7 Å². The number of nitrogens with one attached hydrogen (secondary N) is 1. The number of amides is 2. The molecular weight excluding hydrogens is 594 g/mol. The predicted molar refractivity (Wildman–Crippen MR) is 146 cm³/mol. The highest BCUT2D eigenvalue weighted by molar-refractivity contribution is 7.91. The van der Waals surface area contributed by atoms with Gasteiger partial charge in [-0.3, -0.25) is 9.59 Å². The van der Waals surface area contributed by atoms with Crippen LogP contribution in [0.4, 0.5) is 0 Å². The summed E-state index contributed by atoms with van der Waals surface area (Å²) in [7, 11) is -5.89. The number of fused-ring (bicyclic) bond motifs is 2. The number of thiazole rings is 1. The van der Waals surface area contributed by atoms with Crippen molar-refractivity contribution in [2.24, 2.45) is 0 Å². The normalized spacial score (nSPS) is 19.4. The molecule has 2 amide bonds. The van der Waals surface area contributed by atoms with Gasteiger partial charge >= 0.3 is 0 Å². The first-order valence-electron chi connectivity index (χ1n) is 11.5. The van der Waals surface area contributed by atoms with Crippen LogP contribution in [0.2, 0.25) is 5.02 Å². The summed E-state index contributed by atoms with van der Waals surface area (Å²) in [5.74, 6) is -0.983. The number of aromatic nitrogens is 1. The van der Waals surface area contributed by atoms with E-state index in [1.165, 1.54) is 20.6 Å². The highest BCUT2D eigenvalue weighted by Gasteiger charge is 2.41. The first-order valence-corrected chi connectivity index (χ1v) is 16.8. The molecule has 1 atom stereocenters. The summed E-state index contributed by atoms with van der Waals surface area (Å²) in [5.41, 5.74) is 0.667. The Morgan fingerprint density at radius 1 is 1.08 bits per heavy atom. The van der Waals surface area contributed by atoms with Crippen molar-refractivity contribution in [3.63, 3.8) is 0 Å². The fourth-order valence-electron chi connectivity index (χ4n) is 4.51. The van der Waals surface area contributed by atoms with Crippen molar-refractivity contribution in [1.82, 2.24) is 23.8 Å². The summed E-state index contributed by atoms with van der Waals surface area (Å²) in [5, 5.41) is 3.92. The maximum Gasteiger partial charge on any atom is 0.283 e. The Labute approximate surface area is 233 Å². The van der Waals surface area contributed by atoms with Crippen LogP contribution < -0.4 is 5.32 Å². The number of halogens is 1. The van der Waals surface area contributed by atoms with E-state index in [0.29, 0.717) is 22.0 Å². The van der Waals surface area contributed by atoms with Crippen LogP contribution in [0, 0.1) is 0 Å². The minimum atomic E-state index is -3.93. The van der Waals surface area contributed by atoms with Crippen molar-refractivity contribution in [3.05, 3.63) is 44.9 Å². The topological polar surface area (TPSA) is 137 Å². The highest BCUT2D eigenvalue weighted by atomic mass is 35.5. The van der Waals surface area contributed by atoms with Gasteiger partial charge in [-0.25, -0.2) is 21.8 Å². The van der Waals surface area contributed by atoms with E-state index in [1.54, 1.807) is 24.3 Å². The highest BCUT2D eigenvalue weighted by Crippen LogP contribution is 2.34. The number of likely N-dealkylation sites (N-methyl/N-ethyl adjacent to an activating group) is 1. The molecule has 5 rings (SSSR count). The van der Waals surface area contributed by atoms with Crippen LogP contribution in [-0.2, 0) is 37.8 Å². The monoisotopic (exact) mass is 617 g/mol. The number of thiophene rings is 1. The van der Waals surface area contributed by atoms with Crippen molar-refractivity contribution in [2.45, 2.75) is 23.2 Å². The molecule has 2 aliphatic rings. The molecule has 1 saturated heterocycles. The summed E-state index contributed by atoms with van der Waals surface area (Å²) in [6.45, 7) is 0.209. The van der Waals surface area contributed by atoms with E-state index < -0.39 is 37.9 Å². The summed E-state index contributed by atoms with van der Waals surface area (Å²) >= 11 is 8.25. The molecule has 0 radical (unpaired) electrons. The van der Waals surface area contributed by atoms with Gasteiger partial charge in [-0.2, -0.15) is 8.61 Å². The third-order valence-corrected chi connectivity index (χ3v) is 12.5. The first-order chi connectivity index (χ1) is 17.9. The number of carbonyl (C=O) groups is 2. The average Bonchev–Trinajstić information content (AvgIpc) is 3.50. The molecule has 1 fully saturated rings. The van der Waals surface area contributed by atoms with Gasteiger partial charge in [-0.1, -0.05) is 17.7 Å². The molecule has 1 N–H and O–H groups in total. The van der Waals surface area contributed by atoms with E-state index >= 15 is 0 Å². The van der Waals surface area contributed by atoms with E-state index in [-0.39, 0.29) is 41.9 Å². The standard InChI is InChI=1S/C22H24ClN5O6S4/c1-24-20(29)16-11-27(38(33,34)19-9-13-3-4-14(23)10-17(13)35-19)7-8-28(16)22(30)21-25-15-5-6-26(37(2,31)32)12-18(15)36-21/h3-4,9-10,16H,5-8,11-12H2,1-2H3,(H,24,29). The lowest BCUT2D eigenvalue weighted by molar-refractivity contribution is -0.126. The van der Waals surface area contributed by atoms with Crippen molar-refractivity contribution in [3.8, 4) is 0 Å². The molecule has 204 valence electrons. The minimum absolute atomic E-state index is 0.00349. The lowest BCUT2D eigenvalue weighted by atomic mass is 10.1. The van der Waals surface area contributed by atoms with Crippen LogP contribution >= 0.6 is 34.3 Å². The third-order valence-electron chi connectivity index (χ3n) is 6.55. The van der Waals surface area contributed by atoms with Crippen LogP contribution in [0.1, 0.15) is 20.4 Å². The summed E-state index contributed by atoms with van der Waals surface area (Å²) in [6.07, 6.45) is 1.53. The van der Waals surface area contributed by atoms with Gasteiger partial charge in [-0.15, -0.1) is 22.7 Å². The molecule has 1 aromatic carbocycles. The van der Waals surface area contributed by atoms with Gasteiger partial charge in [-0.05, 0) is 23.6 Å². The molecule has 0 aliphatic carbocycles. The largest absolute Gasteiger partial charge is 0.357 e. The maximum absolute atomic E-state index is 13.5. The second-order valence-corrected chi connectivity index (χ2v) is 15.7. The number of carbonyl (C=O) groups excluding carboxylic acids is 2. The van der Waals surface area contributed by atoms with Crippen molar-refractivity contribution < 1.29 is 26.4 Å². The minimum Gasteiger partial charge on any atom is -0.357 e. The zero-order valence-corrected chi connectivity index (χ0v) is 24.4. The van der Waals surface area contributed by atoms with Gasteiger partial charge in [0, 0.05) is 60.8 Å². The molecule has 0 saturated carbocycles. The molecule has 2 aromatic heterocycles. The Bertz CT molecular complexity index is 1650. The number of piperazine rings is 1. The Morgan fingerprint density at radius 2 is 1.84 bits per heavy atom. The average molecular weight is 618 g/mol. The fraction of sp³-hybridized carbons (Fsp3) is 0.409. The van der Waals surface area contributed by atoms with E-state index in [2.05, 4.69) is 10.3 Å². The number of rotatable bonds is 5. The molecule has 4 heterocycles. The van der Waals surface area contributed by atoms with E-state index in [9.17, 15) is 26.4 Å². The Morgan fingerprint density at radius 3 is 2.55 bits per heavy atom. The van der Waals surface area contributed by atoms with Crippen molar-refractivity contribution >= 4 is 76.2 Å². The molecule has 0 spiro atoms. The smallest absolute Gasteiger partial charge is 0.283 e. The van der Waals surface area contributed by atoms with Gasteiger partial charge in [0.25, 0.3) is 15.9 Å².